The predicted molar refractivity (Wildman–Crippen MR) is 66.3 cm³/mol. The first-order valence-electron chi connectivity index (χ1n) is 4.98. The fraction of sp³-hybridized carbons (Fsp3) is 0.273. The van der Waals surface area contributed by atoms with Crippen LogP contribution in [0.15, 0.2) is 28.9 Å². The van der Waals surface area contributed by atoms with E-state index in [0.717, 1.165) is 21.7 Å². The SMILES string of the molecule is COC(OC)c1cc(-c2cccc(Br)n2)n[nH]1. The molecule has 0 aliphatic rings. The van der Waals surface area contributed by atoms with Crippen molar-refractivity contribution in [2.24, 2.45) is 0 Å². The van der Waals surface area contributed by atoms with E-state index in [-0.39, 0.29) is 0 Å². The first-order valence-corrected chi connectivity index (χ1v) is 5.77. The number of aromatic amines is 1. The molecule has 90 valence electrons. The van der Waals surface area contributed by atoms with Gasteiger partial charge in [-0.05, 0) is 34.1 Å². The number of halogens is 1. The van der Waals surface area contributed by atoms with Crippen molar-refractivity contribution in [3.8, 4) is 11.4 Å². The zero-order valence-electron chi connectivity index (χ0n) is 9.48. The van der Waals surface area contributed by atoms with E-state index in [2.05, 4.69) is 31.1 Å². The second kappa shape index (κ2) is 5.39. The van der Waals surface area contributed by atoms with Crippen LogP contribution in [0.4, 0.5) is 0 Å². The molecule has 0 unspecified atom stereocenters. The molecular weight excluding hydrogens is 286 g/mol. The first kappa shape index (κ1) is 12.2. The second-order valence-electron chi connectivity index (χ2n) is 3.36. The molecule has 0 bridgehead atoms. The molecule has 0 fully saturated rings. The van der Waals surface area contributed by atoms with E-state index in [1.54, 1.807) is 14.2 Å². The Kier molecular flexibility index (Phi) is 3.88. The Labute approximate surface area is 107 Å². The average molecular weight is 298 g/mol. The van der Waals surface area contributed by atoms with E-state index >= 15 is 0 Å². The molecule has 2 aromatic heterocycles. The van der Waals surface area contributed by atoms with Crippen molar-refractivity contribution < 1.29 is 9.47 Å². The van der Waals surface area contributed by atoms with Crippen LogP contribution in [0.5, 0.6) is 0 Å². The number of aromatic nitrogens is 3. The van der Waals surface area contributed by atoms with E-state index in [1.165, 1.54) is 0 Å². The molecule has 0 radical (unpaired) electrons. The minimum absolute atomic E-state index is 0.441. The number of nitrogens with zero attached hydrogens (tertiary/aromatic N) is 2. The van der Waals surface area contributed by atoms with Gasteiger partial charge >= 0.3 is 0 Å². The molecule has 2 aromatic rings. The molecule has 5 nitrogen and oxygen atoms in total. The fourth-order valence-corrected chi connectivity index (χ4v) is 1.83. The minimum atomic E-state index is -0.441. The lowest BCUT2D eigenvalue weighted by molar-refractivity contribution is -0.108. The molecule has 2 heterocycles. The average Bonchev–Trinajstić information content (AvgIpc) is 2.80. The van der Waals surface area contributed by atoms with E-state index in [1.807, 2.05) is 24.3 Å². The Bertz CT molecular complexity index is 497. The third-order valence-electron chi connectivity index (χ3n) is 2.26. The van der Waals surface area contributed by atoms with Crippen LogP contribution in [-0.2, 0) is 9.47 Å². The molecular formula is C11H12BrN3O2. The summed E-state index contributed by atoms with van der Waals surface area (Å²) >= 11 is 3.32. The quantitative estimate of drug-likeness (QED) is 0.696. The summed E-state index contributed by atoms with van der Waals surface area (Å²) < 4.78 is 11.0. The van der Waals surface area contributed by atoms with Gasteiger partial charge in [-0.3, -0.25) is 5.10 Å². The van der Waals surface area contributed by atoms with Gasteiger partial charge in [0.15, 0.2) is 6.29 Å². The number of hydrogen-bond donors (Lipinski definition) is 1. The molecule has 0 spiro atoms. The van der Waals surface area contributed by atoms with Gasteiger partial charge in [-0.15, -0.1) is 0 Å². The van der Waals surface area contributed by atoms with Crippen LogP contribution in [0.3, 0.4) is 0 Å². The van der Waals surface area contributed by atoms with Gasteiger partial charge in [-0.1, -0.05) is 6.07 Å². The molecule has 0 aromatic carbocycles. The van der Waals surface area contributed by atoms with Crippen molar-refractivity contribution in [2.45, 2.75) is 6.29 Å². The van der Waals surface area contributed by atoms with Crippen LogP contribution in [0.25, 0.3) is 11.4 Å². The van der Waals surface area contributed by atoms with Crippen molar-refractivity contribution in [3.05, 3.63) is 34.6 Å². The van der Waals surface area contributed by atoms with Gasteiger partial charge in [-0.25, -0.2) is 4.98 Å². The molecule has 0 amide bonds. The number of nitrogens with one attached hydrogen (secondary N) is 1. The lowest BCUT2D eigenvalue weighted by Crippen LogP contribution is -2.03. The topological polar surface area (TPSA) is 60.0 Å². The lowest BCUT2D eigenvalue weighted by Gasteiger charge is -2.09. The van der Waals surface area contributed by atoms with Crippen LogP contribution >= 0.6 is 15.9 Å². The summed E-state index contributed by atoms with van der Waals surface area (Å²) in [7, 11) is 3.15. The zero-order valence-corrected chi connectivity index (χ0v) is 11.1. The van der Waals surface area contributed by atoms with E-state index < -0.39 is 6.29 Å². The Morgan fingerprint density at radius 2 is 2.00 bits per heavy atom. The van der Waals surface area contributed by atoms with Crippen molar-refractivity contribution >= 4 is 15.9 Å². The van der Waals surface area contributed by atoms with Crippen LogP contribution in [0.2, 0.25) is 0 Å². The van der Waals surface area contributed by atoms with Gasteiger partial charge in [0.2, 0.25) is 0 Å². The van der Waals surface area contributed by atoms with Crippen molar-refractivity contribution in [2.75, 3.05) is 14.2 Å². The van der Waals surface area contributed by atoms with Crippen LogP contribution < -0.4 is 0 Å². The summed E-state index contributed by atoms with van der Waals surface area (Å²) in [5.74, 6) is 0. The Morgan fingerprint density at radius 3 is 2.65 bits per heavy atom. The second-order valence-corrected chi connectivity index (χ2v) is 4.17. The van der Waals surface area contributed by atoms with Gasteiger partial charge in [-0.2, -0.15) is 5.10 Å². The molecule has 0 aliphatic carbocycles. The van der Waals surface area contributed by atoms with E-state index in [4.69, 9.17) is 9.47 Å². The molecule has 0 saturated heterocycles. The monoisotopic (exact) mass is 297 g/mol. The zero-order chi connectivity index (χ0) is 12.3. The minimum Gasteiger partial charge on any atom is -0.350 e. The Balaban J connectivity index is 2.29. The Hall–Kier alpha value is -1.24. The molecule has 2 rings (SSSR count). The third kappa shape index (κ3) is 2.71. The normalized spacial score (nSPS) is 11.1. The number of rotatable bonds is 4. The Morgan fingerprint density at radius 1 is 1.24 bits per heavy atom. The fourth-order valence-electron chi connectivity index (χ4n) is 1.49. The van der Waals surface area contributed by atoms with Crippen LogP contribution in [-0.4, -0.2) is 29.4 Å². The van der Waals surface area contributed by atoms with Crippen LogP contribution in [0, 0.1) is 0 Å². The molecule has 17 heavy (non-hydrogen) atoms. The van der Waals surface area contributed by atoms with E-state index in [0.29, 0.717) is 0 Å². The highest BCUT2D eigenvalue weighted by Crippen LogP contribution is 2.22. The molecule has 0 atom stereocenters. The highest BCUT2D eigenvalue weighted by atomic mass is 79.9. The highest BCUT2D eigenvalue weighted by Gasteiger charge is 2.13. The molecule has 0 saturated carbocycles. The number of methoxy groups -OCH3 is 2. The summed E-state index contributed by atoms with van der Waals surface area (Å²) in [5, 5.41) is 7.05. The highest BCUT2D eigenvalue weighted by molar-refractivity contribution is 9.10. The standard InChI is InChI=1S/C11H12BrN3O2/c1-16-11(17-2)9-6-8(14-15-9)7-4-3-5-10(12)13-7/h3-6,11H,1-2H3,(H,14,15). The number of hydrogen-bond acceptors (Lipinski definition) is 4. The largest absolute Gasteiger partial charge is 0.350 e. The number of H-pyrrole nitrogens is 1. The summed E-state index contributed by atoms with van der Waals surface area (Å²) in [6, 6.07) is 7.51. The van der Waals surface area contributed by atoms with Crippen molar-refractivity contribution in [3.63, 3.8) is 0 Å². The van der Waals surface area contributed by atoms with Gasteiger partial charge in [0.1, 0.15) is 10.3 Å². The van der Waals surface area contributed by atoms with Crippen molar-refractivity contribution in [1.82, 2.24) is 15.2 Å². The third-order valence-corrected chi connectivity index (χ3v) is 2.70. The maximum absolute atomic E-state index is 5.14. The summed E-state index contributed by atoms with van der Waals surface area (Å²) in [6.45, 7) is 0. The molecule has 6 heteroatoms. The maximum Gasteiger partial charge on any atom is 0.199 e. The smallest absolute Gasteiger partial charge is 0.199 e. The first-order chi connectivity index (χ1) is 8.24. The predicted octanol–water partition coefficient (Wildman–Crippen LogP) is 2.53. The van der Waals surface area contributed by atoms with Gasteiger partial charge in [0.05, 0.1) is 11.4 Å². The number of pyridine rings is 1. The lowest BCUT2D eigenvalue weighted by atomic mass is 10.2. The van der Waals surface area contributed by atoms with Gasteiger partial charge in [0, 0.05) is 14.2 Å². The maximum atomic E-state index is 5.14. The molecule has 1 N–H and O–H groups in total. The van der Waals surface area contributed by atoms with E-state index in [9.17, 15) is 0 Å². The number of ether oxygens (including phenoxy) is 2. The van der Waals surface area contributed by atoms with Crippen LogP contribution in [0.1, 0.15) is 12.0 Å². The van der Waals surface area contributed by atoms with Crippen molar-refractivity contribution in [1.29, 1.82) is 0 Å². The molecule has 0 aliphatic heterocycles. The van der Waals surface area contributed by atoms with Gasteiger partial charge in [0.25, 0.3) is 0 Å². The van der Waals surface area contributed by atoms with Gasteiger partial charge < -0.3 is 9.47 Å². The summed E-state index contributed by atoms with van der Waals surface area (Å²) in [4.78, 5) is 4.32. The summed E-state index contributed by atoms with van der Waals surface area (Å²) in [6.07, 6.45) is -0.441. The summed E-state index contributed by atoms with van der Waals surface area (Å²) in [5.41, 5.74) is 2.29.